The first-order valence-electron chi connectivity index (χ1n) is 44.8. The van der Waals surface area contributed by atoms with Gasteiger partial charge in [0.15, 0.2) is 0 Å². The van der Waals surface area contributed by atoms with Crippen LogP contribution in [0.5, 0.6) is 0 Å². The van der Waals surface area contributed by atoms with E-state index < -0.39 is 58.1 Å². The molecule has 22 aromatic rings. The van der Waals surface area contributed by atoms with Gasteiger partial charge in [0.1, 0.15) is 12.1 Å². The van der Waals surface area contributed by atoms with Crippen molar-refractivity contribution >= 4 is 87.2 Å². The van der Waals surface area contributed by atoms with E-state index in [-0.39, 0.29) is 57.1 Å². The van der Waals surface area contributed by atoms with E-state index in [0.717, 1.165) is 139 Å². The zero-order valence-electron chi connectivity index (χ0n) is 74.7. The molecule has 0 fully saturated rings. The molecule has 670 valence electrons. The lowest BCUT2D eigenvalue weighted by Crippen LogP contribution is -2.13. The third kappa shape index (κ3) is 14.9. The van der Waals surface area contributed by atoms with Crippen molar-refractivity contribution in [3.8, 4) is 135 Å². The van der Waals surface area contributed by atoms with Crippen molar-refractivity contribution < 1.29 is 52.7 Å². The molecule has 0 unspecified atom stereocenters. The van der Waals surface area contributed by atoms with Gasteiger partial charge in [0.05, 0.1) is 100 Å². The summed E-state index contributed by atoms with van der Waals surface area (Å²) in [6.45, 7) is 11.9. The molecule has 0 aliphatic carbocycles. The fourth-order valence-electron chi connectivity index (χ4n) is 20.5. The average Bonchev–Trinajstić information content (AvgIpc) is 1.56. The van der Waals surface area contributed by atoms with Crippen LogP contribution in [0.3, 0.4) is 0 Å². The second kappa shape index (κ2) is 32.6. The van der Waals surface area contributed by atoms with Crippen molar-refractivity contribution in [3.05, 3.63) is 419 Å². The van der Waals surface area contributed by atoms with Crippen LogP contribution in [-0.2, 0) is 24.7 Å². The Morgan fingerprint density at radius 2 is 0.514 bits per heavy atom. The topological polar surface area (TPSA) is 67.3 Å². The van der Waals surface area contributed by atoms with E-state index in [0.29, 0.717) is 83.4 Å². The highest BCUT2D eigenvalue weighted by molar-refractivity contribution is 6.16. The lowest BCUT2D eigenvalue weighted by atomic mass is 9.89. The van der Waals surface area contributed by atoms with Gasteiger partial charge >= 0.3 is 24.7 Å². The van der Waals surface area contributed by atoms with Crippen molar-refractivity contribution in [3.63, 3.8) is 0 Å². The summed E-state index contributed by atoms with van der Waals surface area (Å²) in [6, 6.07) is 108. The van der Waals surface area contributed by atoms with E-state index in [1.165, 1.54) is 18.2 Å². The van der Waals surface area contributed by atoms with E-state index in [9.17, 15) is 36.9 Å². The van der Waals surface area contributed by atoms with Gasteiger partial charge in [-0.05, 0) is 257 Å². The van der Waals surface area contributed by atoms with Crippen molar-refractivity contribution in [2.45, 2.75) is 66.2 Å². The average molecular weight is 1830 g/mol. The highest BCUT2D eigenvalue weighted by atomic mass is 19.4. The maximum absolute atomic E-state index is 16.2. The molecule has 0 saturated carbocycles. The molecule has 0 aliphatic heterocycles. The van der Waals surface area contributed by atoms with Gasteiger partial charge in [0.2, 0.25) is 0 Å². The van der Waals surface area contributed by atoms with Gasteiger partial charge in [-0.25, -0.2) is 0 Å². The Morgan fingerprint density at radius 1 is 0.196 bits per heavy atom. The second-order valence-corrected chi connectivity index (χ2v) is 35.8. The van der Waals surface area contributed by atoms with E-state index in [1.54, 1.807) is 21.3 Å². The van der Waals surface area contributed by atoms with Gasteiger partial charge in [-0.1, -0.05) is 258 Å². The highest BCUT2D eigenvalue weighted by Crippen LogP contribution is 2.53. The molecule has 0 bridgehead atoms. The van der Waals surface area contributed by atoms with E-state index >= 15 is 26.3 Å². The summed E-state index contributed by atoms with van der Waals surface area (Å²) >= 11 is 0. The zero-order valence-corrected chi connectivity index (χ0v) is 74.7. The highest BCUT2D eigenvalue weighted by Gasteiger charge is 2.42. The van der Waals surface area contributed by atoms with Crippen LogP contribution in [0.25, 0.3) is 210 Å². The number of nitriles is 2. The fourth-order valence-corrected chi connectivity index (χ4v) is 20.5. The first kappa shape index (κ1) is 86.7. The quantitative estimate of drug-likeness (QED) is 0.108. The van der Waals surface area contributed by atoms with Crippen molar-refractivity contribution in [1.82, 2.24) is 18.3 Å². The Labute approximate surface area is 783 Å². The van der Waals surface area contributed by atoms with E-state index in [1.807, 2.05) is 305 Å². The molecule has 0 aliphatic rings. The van der Waals surface area contributed by atoms with E-state index in [2.05, 4.69) is 42.5 Å². The number of alkyl halides is 12. The Balaban J connectivity index is 0.711. The molecule has 0 atom stereocenters. The third-order valence-corrected chi connectivity index (χ3v) is 27.0. The first-order valence-corrected chi connectivity index (χ1v) is 44.8. The molecule has 0 radical (unpaired) electrons. The summed E-state index contributed by atoms with van der Waals surface area (Å²) in [5.41, 5.74) is 15.1. The molecule has 4 heterocycles. The summed E-state index contributed by atoms with van der Waals surface area (Å²) < 4.78 is 194. The Morgan fingerprint density at radius 3 is 0.928 bits per heavy atom. The predicted molar refractivity (Wildman–Crippen MR) is 531 cm³/mol. The molecular formula is C120H76F12N6. The lowest BCUT2D eigenvalue weighted by Gasteiger charge is -2.22. The number of hydrogen-bond donors (Lipinski definition) is 0. The number of benzene rings is 18. The number of nitrogens with zero attached hydrogens (tertiary/aromatic N) is 6. The number of hydrogen-bond acceptors (Lipinski definition) is 2. The van der Waals surface area contributed by atoms with Crippen molar-refractivity contribution in [2.75, 3.05) is 0 Å². The van der Waals surface area contributed by atoms with Gasteiger partial charge in [-0.2, -0.15) is 63.2 Å². The van der Waals surface area contributed by atoms with Gasteiger partial charge in [-0.15, -0.1) is 0 Å². The third-order valence-electron chi connectivity index (χ3n) is 27.0. The fraction of sp³-hybridized carbons (Fsp3) is 0.0833. The van der Waals surface area contributed by atoms with Crippen LogP contribution in [0.4, 0.5) is 52.7 Å². The minimum atomic E-state index is -5.34. The Kier molecular flexibility index (Phi) is 20.5. The summed E-state index contributed by atoms with van der Waals surface area (Å²) in [5.74, 6) is 0. The smallest absolute Gasteiger partial charge is 0.309 e. The number of rotatable bonds is 13. The normalized spacial score (nSPS) is 12.3. The molecule has 0 saturated heterocycles. The SMILES string of the molecule is Cc1ccc(-c2ccc3c4ccccc4n(-c4cc(-c5ccc(C(F)(F)F)cc5C(F)(F)F)c(-n5c6ccccc6c6ccc(-c7ccc(C)cc7-c7ccc(-c8ccc9c(c8)c8cc(-c%10cccc(C)c%10)ccc8n9-c8cc(-c9ccc(C(F)(F)F)cc9C(F)(F)F)c(-n9c%10ccc(-c%11cccc(C)c%11)cc%10c%10cc(-c%11cccc(C)c%11)ccc%109)cc8C#N)cc7C)cc65)cc4C#N)c3c2)cc1. The van der Waals surface area contributed by atoms with Gasteiger partial charge in [-0.3, -0.25) is 0 Å². The summed E-state index contributed by atoms with van der Waals surface area (Å²) in [5, 5.41) is 29.3. The molecule has 22 rings (SSSR count). The Bertz CT molecular complexity index is 8900. The van der Waals surface area contributed by atoms with Crippen LogP contribution in [0.2, 0.25) is 0 Å². The van der Waals surface area contributed by atoms with Crippen LogP contribution >= 0.6 is 0 Å². The minimum absolute atomic E-state index is 0.0320. The largest absolute Gasteiger partial charge is 0.417 e. The molecule has 6 nitrogen and oxygen atoms in total. The molecule has 0 spiro atoms. The van der Waals surface area contributed by atoms with Crippen LogP contribution < -0.4 is 0 Å². The van der Waals surface area contributed by atoms with Gasteiger partial charge in [0, 0.05) is 54.2 Å². The van der Waals surface area contributed by atoms with Gasteiger partial charge in [0.25, 0.3) is 0 Å². The standard InChI is InChI=1S/C120H76F12N6/c1-67-24-27-73(28-25-67)82-30-40-94-92-20-7-9-22-105(92)137(113(94)57-82)112-64-102(91-43-37-87(118(124,125)126)62-104(91)120(130,131)132)116(60-85(112)66-134)138-106-23-10-8-21-93(106)95-41-31-83(58-114(95)138)89-38-26-71(5)51-96(89)88-39-29-77(52-72(88)6)81-35-45-108-98(56-81)97-53-78(74-17-11-14-68(2)48-74)32-44-107(97)135(108)111-63-101(90-42-36-86(117(121,122)123)61-103(90)119(127,128)129)115(59-84(111)65-133)136-109-46-33-79(75-18-12-15-69(3)49-75)54-99(109)100-55-80(34-47-110(100)136)76-19-13-16-70(4)50-76/h7-64H,1-6H3. The number of aryl methyl sites for hydroxylation is 6. The molecule has 0 N–H and O–H groups in total. The van der Waals surface area contributed by atoms with E-state index in [4.69, 9.17) is 0 Å². The summed E-state index contributed by atoms with van der Waals surface area (Å²) in [7, 11) is 0. The zero-order chi connectivity index (χ0) is 95.6. The van der Waals surface area contributed by atoms with Crippen LogP contribution in [0.15, 0.2) is 352 Å². The molecule has 18 heteroatoms. The van der Waals surface area contributed by atoms with Gasteiger partial charge < -0.3 is 18.3 Å². The maximum atomic E-state index is 16.2. The minimum Gasteiger partial charge on any atom is -0.309 e. The first-order chi connectivity index (χ1) is 66.3. The van der Waals surface area contributed by atoms with Crippen molar-refractivity contribution in [1.29, 1.82) is 10.5 Å². The van der Waals surface area contributed by atoms with Crippen LogP contribution in [0, 0.1) is 64.2 Å². The molecule has 18 aromatic carbocycles. The Hall–Kier alpha value is -16.7. The predicted octanol–water partition coefficient (Wildman–Crippen LogP) is 34.7. The summed E-state index contributed by atoms with van der Waals surface area (Å²) in [4.78, 5) is 0. The monoisotopic (exact) mass is 1830 g/mol. The number of para-hydroxylation sites is 2. The molecular weight excluding hydrogens is 1750 g/mol. The maximum Gasteiger partial charge on any atom is 0.417 e. The molecule has 4 aromatic heterocycles. The number of halogens is 12. The second-order valence-electron chi connectivity index (χ2n) is 35.8. The van der Waals surface area contributed by atoms with Crippen molar-refractivity contribution in [2.24, 2.45) is 0 Å². The van der Waals surface area contributed by atoms with Crippen LogP contribution in [0.1, 0.15) is 66.8 Å². The molecule has 0 amide bonds. The van der Waals surface area contributed by atoms with Crippen LogP contribution in [-0.4, -0.2) is 18.3 Å². The molecule has 138 heavy (non-hydrogen) atoms. The number of aromatic nitrogens is 4. The number of fused-ring (bicyclic) bond motifs is 12. The lowest BCUT2D eigenvalue weighted by molar-refractivity contribution is -0.144. The summed E-state index contributed by atoms with van der Waals surface area (Å²) in [6.07, 6.45) is -21.0.